The SMILES string of the molecule is CC(C)n1nc(Br)nc1Oc1cccc(F)c1.COc1cc(N2C[C@H]3CC[C@@H](C2)C3Cc2nc(Oc3cccc(F)c3)n(C(C)C)n2)ccn1. The van der Waals surface area contributed by atoms with Crippen molar-refractivity contribution in [2.45, 2.75) is 59.0 Å². The average molecular weight is 752 g/mol. The fraction of sp³-hybridized carbons (Fsp3) is 0.417. The molecule has 1 saturated heterocycles. The Morgan fingerprint density at radius 1 is 0.800 bits per heavy atom. The molecule has 1 unspecified atom stereocenters. The molecule has 1 aliphatic carbocycles. The molecular weight excluding hydrogens is 710 g/mol. The van der Waals surface area contributed by atoms with Gasteiger partial charge in [0.15, 0.2) is 5.82 Å². The zero-order valence-electron chi connectivity index (χ0n) is 28.7. The number of ether oxygens (including phenoxy) is 3. The third kappa shape index (κ3) is 8.40. The molecule has 2 aliphatic rings. The van der Waals surface area contributed by atoms with Gasteiger partial charge in [0.1, 0.15) is 23.1 Å². The lowest BCUT2D eigenvalue weighted by Crippen LogP contribution is -2.42. The number of nitrogens with zero attached hydrogens (tertiary/aromatic N) is 8. The van der Waals surface area contributed by atoms with Crippen LogP contribution >= 0.6 is 15.9 Å². The number of fused-ring (bicyclic) bond motifs is 2. The van der Waals surface area contributed by atoms with Crippen molar-refractivity contribution in [1.29, 1.82) is 0 Å². The van der Waals surface area contributed by atoms with Gasteiger partial charge in [-0.25, -0.2) is 23.1 Å². The summed E-state index contributed by atoms with van der Waals surface area (Å²) in [7, 11) is 1.65. The molecule has 14 heteroatoms. The van der Waals surface area contributed by atoms with Gasteiger partial charge in [-0.2, -0.15) is 15.1 Å². The van der Waals surface area contributed by atoms with Gasteiger partial charge >= 0.3 is 12.0 Å². The van der Waals surface area contributed by atoms with Gasteiger partial charge in [-0.3, -0.25) is 0 Å². The van der Waals surface area contributed by atoms with Gasteiger partial charge in [0, 0.05) is 49.6 Å². The van der Waals surface area contributed by atoms with E-state index in [2.05, 4.69) is 42.0 Å². The van der Waals surface area contributed by atoms with Crippen LogP contribution in [0, 0.1) is 29.4 Å². The second-order valence-corrected chi connectivity index (χ2v) is 13.8. The Balaban J connectivity index is 0.000000214. The summed E-state index contributed by atoms with van der Waals surface area (Å²) in [6.45, 7) is 10.0. The number of halogens is 3. The molecule has 2 fully saturated rings. The number of benzene rings is 2. The number of pyridine rings is 1. The number of aromatic nitrogens is 7. The number of rotatable bonds is 10. The highest BCUT2D eigenvalue weighted by molar-refractivity contribution is 9.10. The molecule has 0 amide bonds. The lowest BCUT2D eigenvalue weighted by Gasteiger charge is -2.39. The van der Waals surface area contributed by atoms with Gasteiger partial charge in [0.25, 0.3) is 0 Å². The second kappa shape index (κ2) is 15.5. The first-order chi connectivity index (χ1) is 24.1. The molecule has 5 aromatic rings. The van der Waals surface area contributed by atoms with Gasteiger partial charge in [-0.05, 0) is 105 Å². The Morgan fingerprint density at radius 3 is 1.94 bits per heavy atom. The number of hydrogen-bond donors (Lipinski definition) is 0. The second-order valence-electron chi connectivity index (χ2n) is 13.1. The molecule has 1 saturated carbocycles. The predicted molar refractivity (Wildman–Crippen MR) is 188 cm³/mol. The van der Waals surface area contributed by atoms with E-state index < -0.39 is 0 Å². The molecule has 0 N–H and O–H groups in total. The van der Waals surface area contributed by atoms with Crippen molar-refractivity contribution in [3.8, 4) is 29.4 Å². The molecule has 50 heavy (non-hydrogen) atoms. The van der Waals surface area contributed by atoms with Crippen molar-refractivity contribution in [1.82, 2.24) is 34.5 Å². The van der Waals surface area contributed by atoms with Crippen molar-refractivity contribution >= 4 is 21.6 Å². The van der Waals surface area contributed by atoms with E-state index in [1.165, 1.54) is 42.8 Å². The Hall–Kier alpha value is -4.59. The Kier molecular flexibility index (Phi) is 10.9. The average Bonchev–Trinajstić information content (AvgIpc) is 3.72. The van der Waals surface area contributed by atoms with E-state index in [-0.39, 0.29) is 23.7 Å². The van der Waals surface area contributed by atoms with E-state index >= 15 is 0 Å². The van der Waals surface area contributed by atoms with Crippen molar-refractivity contribution in [2.24, 2.45) is 17.8 Å². The molecule has 0 spiro atoms. The van der Waals surface area contributed by atoms with Crippen LogP contribution in [-0.4, -0.2) is 54.7 Å². The number of hydrogen-bond acceptors (Lipinski definition) is 9. The van der Waals surface area contributed by atoms with Crippen molar-refractivity contribution in [3.05, 3.63) is 89.1 Å². The molecule has 2 bridgehead atoms. The minimum atomic E-state index is -0.350. The number of methoxy groups -OCH3 is 1. The van der Waals surface area contributed by atoms with Gasteiger partial charge < -0.3 is 19.1 Å². The maximum Gasteiger partial charge on any atom is 0.321 e. The van der Waals surface area contributed by atoms with Crippen LogP contribution in [-0.2, 0) is 6.42 Å². The van der Waals surface area contributed by atoms with Crippen LogP contribution in [0.15, 0.2) is 71.6 Å². The maximum absolute atomic E-state index is 13.6. The molecule has 3 atom stereocenters. The quantitative estimate of drug-likeness (QED) is 0.139. The topological polar surface area (TPSA) is 105 Å². The first-order valence-corrected chi connectivity index (χ1v) is 17.5. The van der Waals surface area contributed by atoms with E-state index in [9.17, 15) is 8.78 Å². The van der Waals surface area contributed by atoms with E-state index in [4.69, 9.17) is 24.3 Å². The van der Waals surface area contributed by atoms with Crippen molar-refractivity contribution < 1.29 is 23.0 Å². The molecule has 11 nitrogen and oxygen atoms in total. The summed E-state index contributed by atoms with van der Waals surface area (Å²) in [5, 5.41) is 8.90. The zero-order chi connectivity index (χ0) is 35.4. The van der Waals surface area contributed by atoms with Crippen LogP contribution in [0.25, 0.3) is 0 Å². The summed E-state index contributed by atoms with van der Waals surface area (Å²) in [6.07, 6.45) is 5.10. The predicted octanol–water partition coefficient (Wildman–Crippen LogP) is 8.45. The molecule has 264 valence electrons. The highest BCUT2D eigenvalue weighted by Crippen LogP contribution is 2.45. The number of anilines is 1. The molecule has 4 heterocycles. The summed E-state index contributed by atoms with van der Waals surface area (Å²) in [5.74, 6) is 3.34. The van der Waals surface area contributed by atoms with Gasteiger partial charge in [0.05, 0.1) is 19.2 Å². The van der Waals surface area contributed by atoms with Crippen LogP contribution in [0.3, 0.4) is 0 Å². The highest BCUT2D eigenvalue weighted by atomic mass is 79.9. The lowest BCUT2D eigenvalue weighted by atomic mass is 9.82. The smallest absolute Gasteiger partial charge is 0.321 e. The van der Waals surface area contributed by atoms with Crippen LogP contribution in [0.2, 0.25) is 0 Å². The van der Waals surface area contributed by atoms with E-state index in [1.807, 2.05) is 40.0 Å². The summed E-state index contributed by atoms with van der Waals surface area (Å²) >= 11 is 3.18. The van der Waals surface area contributed by atoms with Crippen LogP contribution in [0.1, 0.15) is 58.4 Å². The van der Waals surface area contributed by atoms with Crippen molar-refractivity contribution in [3.63, 3.8) is 0 Å². The minimum Gasteiger partial charge on any atom is -0.481 e. The lowest BCUT2D eigenvalue weighted by molar-refractivity contribution is 0.265. The third-order valence-electron chi connectivity index (χ3n) is 8.95. The Labute approximate surface area is 298 Å². The Bertz CT molecular complexity index is 1890. The molecular formula is C36H41BrF2N8O3. The van der Waals surface area contributed by atoms with E-state index in [0.717, 1.165) is 25.3 Å². The Morgan fingerprint density at radius 2 is 1.38 bits per heavy atom. The standard InChI is InChI=1S/C25H30FN5O2.C11H11BrFN3O/c1-16(2)31-25(33-21-6-4-5-19(26)11-21)28-23(29-31)13-22-17-7-8-18(22)15-30(14-17)20-9-10-27-24(12-20)32-3;1-7(2)16-11(14-10(12)15-16)17-9-5-3-4-8(13)6-9/h4-6,9-12,16-18,22H,7-8,13-15H2,1-3H3;3-7H,1-2H3/t17-,18+,22?;. The summed E-state index contributed by atoms with van der Waals surface area (Å²) in [5.41, 5.74) is 1.17. The van der Waals surface area contributed by atoms with E-state index in [1.54, 1.807) is 40.7 Å². The minimum absolute atomic E-state index is 0.0926. The summed E-state index contributed by atoms with van der Waals surface area (Å²) in [4.78, 5) is 15.5. The first-order valence-electron chi connectivity index (χ1n) is 16.8. The fourth-order valence-corrected chi connectivity index (χ4v) is 6.93. The third-order valence-corrected chi connectivity index (χ3v) is 9.28. The van der Waals surface area contributed by atoms with Crippen LogP contribution in [0.4, 0.5) is 14.5 Å². The van der Waals surface area contributed by atoms with Crippen LogP contribution in [0.5, 0.6) is 29.4 Å². The van der Waals surface area contributed by atoms with E-state index in [0.29, 0.717) is 51.9 Å². The van der Waals surface area contributed by atoms with Gasteiger partial charge in [-0.15, -0.1) is 5.10 Å². The normalized spacial score (nSPS) is 18.3. The number of piperidine rings is 1. The molecule has 1 aliphatic heterocycles. The first kappa shape index (κ1) is 35.2. The largest absolute Gasteiger partial charge is 0.481 e. The van der Waals surface area contributed by atoms with Gasteiger partial charge in [0.2, 0.25) is 10.6 Å². The molecule has 2 aromatic carbocycles. The summed E-state index contributed by atoms with van der Waals surface area (Å²) in [6, 6.07) is 17.0. The zero-order valence-corrected chi connectivity index (χ0v) is 30.3. The monoisotopic (exact) mass is 750 g/mol. The molecule has 3 aromatic heterocycles. The molecule has 7 rings (SSSR count). The summed E-state index contributed by atoms with van der Waals surface area (Å²) < 4.78 is 47.2. The van der Waals surface area contributed by atoms with Gasteiger partial charge in [-0.1, -0.05) is 12.1 Å². The van der Waals surface area contributed by atoms with Crippen molar-refractivity contribution in [2.75, 3.05) is 25.1 Å². The van der Waals surface area contributed by atoms with Crippen LogP contribution < -0.4 is 19.1 Å². The maximum atomic E-state index is 13.6. The highest BCUT2D eigenvalue weighted by Gasteiger charge is 2.42. The molecule has 0 radical (unpaired) electrons. The fourth-order valence-electron chi connectivity index (χ4n) is 6.60.